The van der Waals surface area contributed by atoms with Crippen molar-refractivity contribution in [2.24, 2.45) is 0 Å². The molecule has 110 valence electrons. The summed E-state index contributed by atoms with van der Waals surface area (Å²) in [5.41, 5.74) is 0.516. The van der Waals surface area contributed by atoms with Crippen LogP contribution in [0.1, 0.15) is 10.4 Å². The van der Waals surface area contributed by atoms with E-state index >= 15 is 0 Å². The summed E-state index contributed by atoms with van der Waals surface area (Å²) in [6, 6.07) is 14.7. The zero-order chi connectivity index (χ0) is 15.1. The van der Waals surface area contributed by atoms with Gasteiger partial charge in [-0.1, -0.05) is 34.1 Å². The van der Waals surface area contributed by atoms with Gasteiger partial charge in [-0.25, -0.2) is 0 Å². The average Bonchev–Trinajstić information content (AvgIpc) is 2.51. The highest BCUT2D eigenvalue weighted by molar-refractivity contribution is 9.10. The van der Waals surface area contributed by atoms with Gasteiger partial charge in [0.25, 0.3) is 5.91 Å². The maximum Gasteiger partial charge on any atom is 0.255 e. The lowest BCUT2D eigenvalue weighted by Crippen LogP contribution is -2.28. The van der Waals surface area contributed by atoms with Crippen LogP contribution in [0.2, 0.25) is 0 Å². The lowest BCUT2D eigenvalue weighted by Gasteiger charge is -2.10. The minimum atomic E-state index is -0.176. The molecule has 2 rings (SSSR count). The fourth-order valence-corrected chi connectivity index (χ4v) is 2.20. The summed E-state index contributed by atoms with van der Waals surface area (Å²) in [6.45, 7) is 0.820. The van der Waals surface area contributed by atoms with Crippen molar-refractivity contribution in [3.8, 4) is 11.5 Å². The quantitative estimate of drug-likeness (QED) is 0.814. The first-order valence-electron chi connectivity index (χ1n) is 6.50. The van der Waals surface area contributed by atoms with Crippen LogP contribution in [0.15, 0.2) is 53.0 Å². The smallest absolute Gasteiger partial charge is 0.255 e. The van der Waals surface area contributed by atoms with E-state index < -0.39 is 0 Å². The lowest BCUT2D eigenvalue weighted by atomic mass is 10.2. The SMILES string of the molecule is COc1ccccc1C(=O)NCCOc1cccc(Br)c1. The largest absolute Gasteiger partial charge is 0.496 e. The van der Waals surface area contributed by atoms with Crippen LogP contribution in [-0.2, 0) is 0 Å². The van der Waals surface area contributed by atoms with Crippen molar-refractivity contribution in [1.82, 2.24) is 5.32 Å². The van der Waals surface area contributed by atoms with Crippen LogP contribution >= 0.6 is 15.9 Å². The van der Waals surface area contributed by atoms with E-state index in [0.717, 1.165) is 10.2 Å². The highest BCUT2D eigenvalue weighted by Gasteiger charge is 2.10. The van der Waals surface area contributed by atoms with Crippen LogP contribution in [0.25, 0.3) is 0 Å². The molecular formula is C16H16BrNO3. The number of carbonyl (C=O) groups excluding carboxylic acids is 1. The van der Waals surface area contributed by atoms with Crippen molar-refractivity contribution in [2.45, 2.75) is 0 Å². The van der Waals surface area contributed by atoms with Gasteiger partial charge in [0.15, 0.2) is 0 Å². The van der Waals surface area contributed by atoms with Gasteiger partial charge in [0, 0.05) is 4.47 Å². The summed E-state index contributed by atoms with van der Waals surface area (Å²) in [5.74, 6) is 1.14. The van der Waals surface area contributed by atoms with Crippen LogP contribution in [0.4, 0.5) is 0 Å². The number of benzene rings is 2. The third-order valence-corrected chi connectivity index (χ3v) is 3.30. The van der Waals surface area contributed by atoms with E-state index in [1.54, 1.807) is 25.3 Å². The second kappa shape index (κ2) is 7.69. The summed E-state index contributed by atoms with van der Waals surface area (Å²) < 4.78 is 11.7. The molecule has 2 aromatic rings. The van der Waals surface area contributed by atoms with E-state index in [9.17, 15) is 4.79 Å². The molecule has 0 heterocycles. The average molecular weight is 350 g/mol. The van der Waals surface area contributed by atoms with E-state index in [2.05, 4.69) is 21.2 Å². The van der Waals surface area contributed by atoms with Gasteiger partial charge in [-0.05, 0) is 30.3 Å². The molecule has 0 atom stereocenters. The molecule has 0 saturated heterocycles. The number of nitrogens with one attached hydrogen (secondary N) is 1. The summed E-state index contributed by atoms with van der Waals surface area (Å²) >= 11 is 3.38. The molecule has 2 aromatic carbocycles. The van der Waals surface area contributed by atoms with Gasteiger partial charge in [-0.15, -0.1) is 0 Å². The fourth-order valence-electron chi connectivity index (χ4n) is 1.82. The molecule has 21 heavy (non-hydrogen) atoms. The Kier molecular flexibility index (Phi) is 5.63. The summed E-state index contributed by atoms with van der Waals surface area (Å²) in [4.78, 5) is 12.0. The zero-order valence-electron chi connectivity index (χ0n) is 11.6. The van der Waals surface area contributed by atoms with E-state index in [-0.39, 0.29) is 5.91 Å². The Morgan fingerprint density at radius 3 is 2.76 bits per heavy atom. The van der Waals surface area contributed by atoms with Crippen LogP contribution < -0.4 is 14.8 Å². The minimum Gasteiger partial charge on any atom is -0.496 e. The second-order valence-corrected chi connectivity index (χ2v) is 5.18. The van der Waals surface area contributed by atoms with Gasteiger partial charge in [-0.3, -0.25) is 4.79 Å². The third-order valence-electron chi connectivity index (χ3n) is 2.80. The molecule has 0 aliphatic rings. The van der Waals surface area contributed by atoms with Gasteiger partial charge in [0.1, 0.15) is 18.1 Å². The normalized spacial score (nSPS) is 10.0. The number of hydrogen-bond acceptors (Lipinski definition) is 3. The van der Waals surface area contributed by atoms with Crippen molar-refractivity contribution in [3.63, 3.8) is 0 Å². The van der Waals surface area contributed by atoms with Gasteiger partial charge in [-0.2, -0.15) is 0 Å². The standard InChI is InChI=1S/C16H16BrNO3/c1-20-15-8-3-2-7-14(15)16(19)18-9-10-21-13-6-4-5-12(17)11-13/h2-8,11H,9-10H2,1H3,(H,18,19). The van der Waals surface area contributed by atoms with Gasteiger partial charge < -0.3 is 14.8 Å². The van der Waals surface area contributed by atoms with Gasteiger partial charge in [0.2, 0.25) is 0 Å². The molecule has 0 aromatic heterocycles. The Balaban J connectivity index is 1.82. The highest BCUT2D eigenvalue weighted by atomic mass is 79.9. The molecule has 1 amide bonds. The predicted molar refractivity (Wildman–Crippen MR) is 85.0 cm³/mol. The van der Waals surface area contributed by atoms with Crippen molar-refractivity contribution in [1.29, 1.82) is 0 Å². The molecule has 0 saturated carbocycles. The number of halogens is 1. The van der Waals surface area contributed by atoms with Crippen molar-refractivity contribution in [3.05, 3.63) is 58.6 Å². The van der Waals surface area contributed by atoms with Crippen LogP contribution in [-0.4, -0.2) is 26.2 Å². The molecule has 0 radical (unpaired) electrons. The van der Waals surface area contributed by atoms with E-state index in [1.165, 1.54) is 0 Å². The molecule has 4 nitrogen and oxygen atoms in total. The molecule has 0 bridgehead atoms. The van der Waals surface area contributed by atoms with Crippen molar-refractivity contribution in [2.75, 3.05) is 20.3 Å². The number of ether oxygens (including phenoxy) is 2. The first-order valence-corrected chi connectivity index (χ1v) is 7.29. The molecule has 0 spiro atoms. The Hall–Kier alpha value is -2.01. The number of amides is 1. The Morgan fingerprint density at radius 2 is 2.00 bits per heavy atom. The van der Waals surface area contributed by atoms with E-state index in [0.29, 0.717) is 24.5 Å². The Bertz CT molecular complexity index is 616. The maximum absolute atomic E-state index is 12.0. The molecule has 0 fully saturated rings. The molecule has 0 unspecified atom stereocenters. The maximum atomic E-state index is 12.0. The van der Waals surface area contributed by atoms with Crippen LogP contribution in [0.5, 0.6) is 11.5 Å². The number of para-hydroxylation sites is 1. The Morgan fingerprint density at radius 1 is 1.19 bits per heavy atom. The van der Waals surface area contributed by atoms with Crippen LogP contribution in [0.3, 0.4) is 0 Å². The first-order chi connectivity index (χ1) is 10.2. The zero-order valence-corrected chi connectivity index (χ0v) is 13.2. The number of carbonyl (C=O) groups is 1. The predicted octanol–water partition coefficient (Wildman–Crippen LogP) is 3.27. The second-order valence-electron chi connectivity index (χ2n) is 4.26. The fraction of sp³-hybridized carbons (Fsp3) is 0.188. The number of methoxy groups -OCH3 is 1. The molecule has 0 aliphatic heterocycles. The van der Waals surface area contributed by atoms with E-state index in [4.69, 9.17) is 9.47 Å². The molecular weight excluding hydrogens is 334 g/mol. The number of rotatable bonds is 6. The van der Waals surface area contributed by atoms with Crippen LogP contribution in [0, 0.1) is 0 Å². The third kappa shape index (κ3) is 4.49. The van der Waals surface area contributed by atoms with E-state index in [1.807, 2.05) is 30.3 Å². The monoisotopic (exact) mass is 349 g/mol. The topological polar surface area (TPSA) is 47.6 Å². The summed E-state index contributed by atoms with van der Waals surface area (Å²) in [7, 11) is 1.54. The summed E-state index contributed by atoms with van der Waals surface area (Å²) in [5, 5.41) is 2.80. The van der Waals surface area contributed by atoms with Crippen molar-refractivity contribution < 1.29 is 14.3 Å². The molecule has 1 N–H and O–H groups in total. The van der Waals surface area contributed by atoms with Gasteiger partial charge in [0.05, 0.1) is 19.2 Å². The van der Waals surface area contributed by atoms with Crippen molar-refractivity contribution >= 4 is 21.8 Å². The first kappa shape index (κ1) is 15.4. The summed E-state index contributed by atoms with van der Waals surface area (Å²) in [6.07, 6.45) is 0. The lowest BCUT2D eigenvalue weighted by molar-refractivity contribution is 0.0944. The van der Waals surface area contributed by atoms with Gasteiger partial charge >= 0.3 is 0 Å². The number of hydrogen-bond donors (Lipinski definition) is 1. The highest BCUT2D eigenvalue weighted by Crippen LogP contribution is 2.18. The molecule has 0 aliphatic carbocycles. The minimum absolute atomic E-state index is 0.176. The Labute approximate surface area is 132 Å². The molecule has 5 heteroatoms.